The van der Waals surface area contributed by atoms with Crippen LogP contribution in [0.2, 0.25) is 0 Å². The molecule has 2 heterocycles. The van der Waals surface area contributed by atoms with Crippen LogP contribution in [0.4, 0.5) is 0 Å². The maximum Gasteiger partial charge on any atom is 0.0662 e. The lowest BCUT2D eigenvalue weighted by Crippen LogP contribution is -2.14. The maximum atomic E-state index is 4.70. The van der Waals surface area contributed by atoms with Gasteiger partial charge in [0, 0.05) is 35.6 Å². The molecule has 0 aliphatic carbocycles. The van der Waals surface area contributed by atoms with E-state index in [1.807, 2.05) is 19.2 Å². The summed E-state index contributed by atoms with van der Waals surface area (Å²) >= 11 is 0. The summed E-state index contributed by atoms with van der Waals surface area (Å²) in [7, 11) is 0. The molecule has 5 nitrogen and oxygen atoms in total. The number of rotatable bonds is 6. The first kappa shape index (κ1) is 18.2. The van der Waals surface area contributed by atoms with Gasteiger partial charge in [0.15, 0.2) is 0 Å². The number of nitrogens with one attached hydrogen (secondary N) is 2. The Morgan fingerprint density at radius 2 is 1.83 bits per heavy atom. The highest BCUT2D eigenvalue weighted by Crippen LogP contribution is 2.15. The quantitative estimate of drug-likeness (QED) is 0.720. The van der Waals surface area contributed by atoms with Gasteiger partial charge in [-0.05, 0) is 26.3 Å². The van der Waals surface area contributed by atoms with Crippen LogP contribution in [0, 0.1) is 20.8 Å². The largest absolute Gasteiger partial charge is 0.308 e. The monoisotopic (exact) mass is 345 g/mol. The molecule has 0 atom stereocenters. The molecule has 2 N–H and O–H groups in total. The van der Waals surface area contributed by atoms with Crippen LogP contribution in [-0.2, 0) is 19.6 Å². The van der Waals surface area contributed by atoms with Crippen molar-refractivity contribution in [2.24, 2.45) is 0 Å². The van der Waals surface area contributed by atoms with E-state index in [9.17, 15) is 0 Å². The van der Waals surface area contributed by atoms with Gasteiger partial charge in [0.25, 0.3) is 0 Å². The summed E-state index contributed by atoms with van der Waals surface area (Å²) in [6, 6.07) is 10.4. The van der Waals surface area contributed by atoms with Crippen LogP contribution in [0.1, 0.15) is 33.8 Å². The molecule has 0 aliphatic rings. The fraction of sp³-hybridized carbons (Fsp3) is 0.333. The summed E-state index contributed by atoms with van der Waals surface area (Å²) in [6.07, 6.45) is 1.88. The number of nitrogens with zero attached hydrogens (tertiary/aromatic N) is 3. The summed E-state index contributed by atoms with van der Waals surface area (Å²) in [5, 5.41) is 15.2. The zero-order valence-corrected chi connectivity index (χ0v) is 15.2. The van der Waals surface area contributed by atoms with E-state index in [1.165, 1.54) is 22.4 Å². The summed E-state index contributed by atoms with van der Waals surface area (Å²) in [5.74, 6) is 0. The van der Waals surface area contributed by atoms with Crippen LogP contribution in [0.3, 0.4) is 0 Å². The van der Waals surface area contributed by atoms with Crippen molar-refractivity contribution in [1.29, 1.82) is 0 Å². The Morgan fingerprint density at radius 1 is 1.08 bits per heavy atom. The van der Waals surface area contributed by atoms with Crippen molar-refractivity contribution in [3.05, 3.63) is 70.3 Å². The number of benzene rings is 1. The Labute approximate surface area is 148 Å². The second-order valence-electron chi connectivity index (χ2n) is 5.92. The molecular weight excluding hydrogens is 322 g/mol. The van der Waals surface area contributed by atoms with E-state index < -0.39 is 0 Å². The first-order valence-electron chi connectivity index (χ1n) is 7.91. The lowest BCUT2D eigenvalue weighted by molar-refractivity contribution is 0.652. The zero-order chi connectivity index (χ0) is 16.2. The number of aromatic nitrogens is 4. The van der Waals surface area contributed by atoms with E-state index >= 15 is 0 Å². The van der Waals surface area contributed by atoms with E-state index in [1.54, 1.807) is 0 Å². The molecule has 24 heavy (non-hydrogen) atoms. The number of H-pyrrole nitrogens is 1. The summed E-state index contributed by atoms with van der Waals surface area (Å²) in [6.45, 7) is 8.70. The molecule has 0 aliphatic heterocycles. The lowest BCUT2D eigenvalue weighted by Gasteiger charge is -2.07. The molecule has 0 bridgehead atoms. The smallest absolute Gasteiger partial charge is 0.0662 e. The van der Waals surface area contributed by atoms with E-state index in [4.69, 9.17) is 5.10 Å². The van der Waals surface area contributed by atoms with Crippen LogP contribution in [0.15, 0.2) is 36.5 Å². The topological polar surface area (TPSA) is 58.5 Å². The molecule has 3 aromatic rings. The van der Waals surface area contributed by atoms with Gasteiger partial charge >= 0.3 is 0 Å². The number of hydrogen-bond donors (Lipinski definition) is 2. The second kappa shape index (κ2) is 8.13. The van der Waals surface area contributed by atoms with Crippen molar-refractivity contribution in [1.82, 2.24) is 25.3 Å². The Kier molecular flexibility index (Phi) is 6.17. The number of aromatic amines is 1. The van der Waals surface area contributed by atoms with Crippen molar-refractivity contribution in [3.8, 4) is 0 Å². The van der Waals surface area contributed by atoms with Crippen LogP contribution in [0.25, 0.3) is 0 Å². The fourth-order valence-electron chi connectivity index (χ4n) is 2.78. The molecule has 1 aromatic carbocycles. The molecular formula is C18H24ClN5. The van der Waals surface area contributed by atoms with Crippen molar-refractivity contribution in [2.75, 3.05) is 0 Å². The molecule has 2 aromatic heterocycles. The van der Waals surface area contributed by atoms with Crippen molar-refractivity contribution in [3.63, 3.8) is 0 Å². The molecule has 6 heteroatoms. The van der Waals surface area contributed by atoms with Gasteiger partial charge in [-0.2, -0.15) is 10.2 Å². The summed E-state index contributed by atoms with van der Waals surface area (Å²) in [4.78, 5) is 0. The predicted molar refractivity (Wildman–Crippen MR) is 98.4 cm³/mol. The molecule has 128 valence electrons. The normalized spacial score (nSPS) is 10.6. The highest BCUT2D eigenvalue weighted by atomic mass is 35.5. The molecule has 0 radical (unpaired) electrons. The third-order valence-electron chi connectivity index (χ3n) is 4.26. The summed E-state index contributed by atoms with van der Waals surface area (Å²) < 4.78 is 2.09. The van der Waals surface area contributed by atoms with Crippen LogP contribution >= 0.6 is 12.4 Å². The number of hydrogen-bond acceptors (Lipinski definition) is 3. The van der Waals surface area contributed by atoms with Gasteiger partial charge in [0.05, 0.1) is 18.4 Å². The molecule has 0 saturated carbocycles. The second-order valence-corrected chi connectivity index (χ2v) is 5.92. The van der Waals surface area contributed by atoms with Gasteiger partial charge in [-0.3, -0.25) is 9.78 Å². The minimum absolute atomic E-state index is 0. The molecule has 3 rings (SSSR count). The Bertz CT molecular complexity index is 776. The molecule has 0 saturated heterocycles. The van der Waals surface area contributed by atoms with E-state index in [0.29, 0.717) is 0 Å². The van der Waals surface area contributed by atoms with Crippen LogP contribution in [-0.4, -0.2) is 20.0 Å². The minimum Gasteiger partial charge on any atom is -0.308 e. The third-order valence-corrected chi connectivity index (χ3v) is 4.26. The standard InChI is InChI=1S/C18H23N5.ClH/c1-13-17(10-20-21-13)9-19-11-18-14(2)22-23(15(18)3)12-16-7-5-4-6-8-16;/h4-8,10,19H,9,11-12H2,1-3H3,(H,20,21);1H. The first-order valence-corrected chi connectivity index (χ1v) is 7.91. The Morgan fingerprint density at radius 3 is 2.50 bits per heavy atom. The highest BCUT2D eigenvalue weighted by Gasteiger charge is 2.11. The minimum atomic E-state index is 0. The van der Waals surface area contributed by atoms with E-state index in [0.717, 1.165) is 31.0 Å². The van der Waals surface area contributed by atoms with E-state index in [2.05, 4.69) is 58.3 Å². The van der Waals surface area contributed by atoms with Crippen molar-refractivity contribution >= 4 is 12.4 Å². The zero-order valence-electron chi connectivity index (χ0n) is 14.3. The molecule has 0 fully saturated rings. The SMILES string of the molecule is Cc1nn(Cc2ccccc2)c(C)c1CNCc1cn[nH]c1C.Cl. The number of aryl methyl sites for hydroxylation is 2. The lowest BCUT2D eigenvalue weighted by atomic mass is 10.2. The van der Waals surface area contributed by atoms with Gasteiger partial charge in [-0.15, -0.1) is 12.4 Å². The van der Waals surface area contributed by atoms with Crippen molar-refractivity contribution < 1.29 is 0 Å². The van der Waals surface area contributed by atoms with Crippen molar-refractivity contribution in [2.45, 2.75) is 40.4 Å². The van der Waals surface area contributed by atoms with Gasteiger partial charge in [0.1, 0.15) is 0 Å². The van der Waals surface area contributed by atoms with Gasteiger partial charge in [-0.25, -0.2) is 0 Å². The summed E-state index contributed by atoms with van der Waals surface area (Å²) in [5.41, 5.74) is 7.19. The van der Waals surface area contributed by atoms with E-state index in [-0.39, 0.29) is 12.4 Å². The van der Waals surface area contributed by atoms with Gasteiger partial charge in [-0.1, -0.05) is 30.3 Å². The van der Waals surface area contributed by atoms with Crippen LogP contribution in [0.5, 0.6) is 0 Å². The van der Waals surface area contributed by atoms with Gasteiger partial charge < -0.3 is 5.32 Å². The average molecular weight is 346 g/mol. The Hall–Kier alpha value is -2.11. The third kappa shape index (κ3) is 4.04. The first-order chi connectivity index (χ1) is 11.1. The highest BCUT2D eigenvalue weighted by molar-refractivity contribution is 5.85. The molecule has 0 spiro atoms. The average Bonchev–Trinajstić information content (AvgIpc) is 3.06. The predicted octanol–water partition coefficient (Wildman–Crippen LogP) is 3.29. The molecule has 0 amide bonds. The maximum absolute atomic E-state index is 4.70. The van der Waals surface area contributed by atoms with Crippen LogP contribution < -0.4 is 5.32 Å². The molecule has 0 unspecified atom stereocenters. The fourth-order valence-corrected chi connectivity index (χ4v) is 2.78. The number of halogens is 1. The van der Waals surface area contributed by atoms with Gasteiger partial charge in [0.2, 0.25) is 0 Å². The Balaban J connectivity index is 0.00000208.